The fourth-order valence-electron chi connectivity index (χ4n) is 2.23. The SMILES string of the molecule is COC(CO)Oc1cncc(OCc2ccc3cc(F)ccc3n2)c1. The van der Waals surface area contributed by atoms with Crippen molar-refractivity contribution in [1.29, 1.82) is 0 Å². The molecule has 6 nitrogen and oxygen atoms in total. The number of aliphatic hydroxyl groups excluding tert-OH is 1. The third-order valence-corrected chi connectivity index (χ3v) is 3.46. The molecule has 0 aliphatic carbocycles. The highest BCUT2D eigenvalue weighted by molar-refractivity contribution is 5.78. The predicted molar refractivity (Wildman–Crippen MR) is 88.8 cm³/mol. The number of hydrogen-bond donors (Lipinski definition) is 1. The number of fused-ring (bicyclic) bond motifs is 1. The molecule has 1 atom stereocenters. The van der Waals surface area contributed by atoms with Gasteiger partial charge in [0.05, 0.1) is 23.6 Å². The van der Waals surface area contributed by atoms with Crippen LogP contribution in [0.4, 0.5) is 4.39 Å². The second kappa shape index (κ2) is 7.87. The Labute approximate surface area is 143 Å². The van der Waals surface area contributed by atoms with Gasteiger partial charge in [-0.3, -0.25) is 4.98 Å². The van der Waals surface area contributed by atoms with Crippen LogP contribution in [0.5, 0.6) is 11.5 Å². The highest BCUT2D eigenvalue weighted by Crippen LogP contribution is 2.20. The molecule has 3 aromatic rings. The fraction of sp³-hybridized carbons (Fsp3) is 0.222. The summed E-state index contributed by atoms with van der Waals surface area (Å²) in [6, 6.07) is 9.66. The Morgan fingerprint density at radius 3 is 2.76 bits per heavy atom. The first-order valence-electron chi connectivity index (χ1n) is 7.61. The molecule has 1 unspecified atom stereocenters. The van der Waals surface area contributed by atoms with Gasteiger partial charge < -0.3 is 19.3 Å². The minimum Gasteiger partial charge on any atom is -0.486 e. The molecule has 1 aromatic carbocycles. The number of benzene rings is 1. The number of aliphatic hydroxyl groups is 1. The number of nitrogens with zero attached hydrogens (tertiary/aromatic N) is 2. The van der Waals surface area contributed by atoms with E-state index in [1.807, 2.05) is 0 Å². The van der Waals surface area contributed by atoms with Gasteiger partial charge in [-0.05, 0) is 24.3 Å². The number of aromatic nitrogens is 2. The summed E-state index contributed by atoms with van der Waals surface area (Å²) in [6.45, 7) is -0.0463. The lowest BCUT2D eigenvalue weighted by Gasteiger charge is -2.15. The summed E-state index contributed by atoms with van der Waals surface area (Å²) < 4.78 is 29.2. The normalized spacial score (nSPS) is 12.1. The zero-order chi connectivity index (χ0) is 17.6. The topological polar surface area (TPSA) is 73.7 Å². The molecular formula is C18H17FN2O4. The smallest absolute Gasteiger partial charge is 0.223 e. The lowest BCUT2D eigenvalue weighted by atomic mass is 10.2. The molecule has 0 aliphatic heterocycles. The highest BCUT2D eigenvalue weighted by Gasteiger charge is 2.08. The van der Waals surface area contributed by atoms with Crippen molar-refractivity contribution in [3.8, 4) is 11.5 Å². The highest BCUT2D eigenvalue weighted by atomic mass is 19.1. The van der Waals surface area contributed by atoms with E-state index in [-0.39, 0.29) is 19.0 Å². The molecule has 0 radical (unpaired) electrons. The third-order valence-electron chi connectivity index (χ3n) is 3.46. The predicted octanol–water partition coefficient (Wildman–Crippen LogP) is 2.69. The number of methoxy groups -OCH3 is 1. The summed E-state index contributed by atoms with van der Waals surface area (Å²) in [5, 5.41) is 9.81. The molecule has 0 saturated heterocycles. The van der Waals surface area contributed by atoms with Crippen molar-refractivity contribution in [2.45, 2.75) is 12.9 Å². The summed E-state index contributed by atoms with van der Waals surface area (Å²) >= 11 is 0. The Morgan fingerprint density at radius 1 is 1.12 bits per heavy atom. The Bertz CT molecular complexity index is 855. The van der Waals surface area contributed by atoms with Crippen molar-refractivity contribution < 1.29 is 23.7 Å². The number of pyridine rings is 2. The fourth-order valence-corrected chi connectivity index (χ4v) is 2.23. The van der Waals surface area contributed by atoms with Gasteiger partial charge in [0, 0.05) is 18.6 Å². The average Bonchev–Trinajstić information content (AvgIpc) is 2.64. The number of halogens is 1. The van der Waals surface area contributed by atoms with E-state index in [1.54, 1.807) is 30.5 Å². The van der Waals surface area contributed by atoms with E-state index >= 15 is 0 Å². The van der Waals surface area contributed by atoms with Crippen molar-refractivity contribution in [3.05, 3.63) is 60.3 Å². The summed E-state index contributed by atoms with van der Waals surface area (Å²) in [5.74, 6) is 0.616. The standard InChI is InChI=1S/C18H17FN2O4/c1-23-18(10-22)25-16-7-15(8-20-9-16)24-11-14-4-2-12-6-13(19)3-5-17(12)21-14/h2-9,18,22H,10-11H2,1H3. The zero-order valence-electron chi connectivity index (χ0n) is 13.6. The van der Waals surface area contributed by atoms with Gasteiger partial charge in [0.2, 0.25) is 6.29 Å². The van der Waals surface area contributed by atoms with Crippen molar-refractivity contribution >= 4 is 10.9 Å². The van der Waals surface area contributed by atoms with Crippen molar-refractivity contribution in [2.75, 3.05) is 13.7 Å². The molecule has 0 bridgehead atoms. The Hall–Kier alpha value is -2.77. The van der Waals surface area contributed by atoms with Crippen LogP contribution in [-0.4, -0.2) is 35.1 Å². The Balaban J connectivity index is 1.68. The van der Waals surface area contributed by atoms with E-state index in [0.717, 1.165) is 5.39 Å². The minimum absolute atomic E-state index is 0.228. The van der Waals surface area contributed by atoms with E-state index in [4.69, 9.17) is 19.3 Å². The van der Waals surface area contributed by atoms with E-state index in [1.165, 1.54) is 25.4 Å². The summed E-state index contributed by atoms with van der Waals surface area (Å²) in [7, 11) is 1.44. The number of rotatable bonds is 7. The van der Waals surface area contributed by atoms with Crippen molar-refractivity contribution in [3.63, 3.8) is 0 Å². The second-order valence-electron chi connectivity index (χ2n) is 5.25. The molecule has 0 fully saturated rings. The quantitative estimate of drug-likeness (QED) is 0.664. The monoisotopic (exact) mass is 344 g/mol. The summed E-state index contributed by atoms with van der Waals surface area (Å²) in [6.07, 6.45) is 2.28. The molecule has 25 heavy (non-hydrogen) atoms. The molecule has 1 N–H and O–H groups in total. The maximum absolute atomic E-state index is 13.2. The molecular weight excluding hydrogens is 327 g/mol. The summed E-state index contributed by atoms with van der Waals surface area (Å²) in [5.41, 5.74) is 1.40. The Morgan fingerprint density at radius 2 is 1.96 bits per heavy atom. The van der Waals surface area contributed by atoms with Gasteiger partial charge >= 0.3 is 0 Å². The van der Waals surface area contributed by atoms with Gasteiger partial charge in [0.25, 0.3) is 0 Å². The van der Waals surface area contributed by atoms with Crippen LogP contribution in [0.1, 0.15) is 5.69 Å². The van der Waals surface area contributed by atoms with E-state index < -0.39 is 6.29 Å². The number of hydrogen-bond acceptors (Lipinski definition) is 6. The molecule has 2 heterocycles. The first-order chi connectivity index (χ1) is 12.2. The van der Waals surface area contributed by atoms with Gasteiger partial charge in [0.15, 0.2) is 0 Å². The van der Waals surface area contributed by atoms with Crippen LogP contribution in [0, 0.1) is 5.82 Å². The second-order valence-corrected chi connectivity index (χ2v) is 5.25. The van der Waals surface area contributed by atoms with Crippen LogP contribution in [0.25, 0.3) is 10.9 Å². The zero-order valence-corrected chi connectivity index (χ0v) is 13.6. The first kappa shape index (κ1) is 17.1. The first-order valence-corrected chi connectivity index (χ1v) is 7.61. The van der Waals surface area contributed by atoms with Gasteiger partial charge in [-0.1, -0.05) is 6.07 Å². The van der Waals surface area contributed by atoms with Crippen LogP contribution in [0.15, 0.2) is 48.8 Å². The molecule has 3 rings (SSSR count). The molecule has 0 aliphatic rings. The number of ether oxygens (including phenoxy) is 3. The molecule has 7 heteroatoms. The van der Waals surface area contributed by atoms with Crippen LogP contribution in [-0.2, 0) is 11.3 Å². The molecule has 0 spiro atoms. The van der Waals surface area contributed by atoms with E-state index in [2.05, 4.69) is 9.97 Å². The van der Waals surface area contributed by atoms with E-state index in [9.17, 15) is 4.39 Å². The van der Waals surface area contributed by atoms with Gasteiger partial charge in [0.1, 0.15) is 30.5 Å². The lowest BCUT2D eigenvalue weighted by Crippen LogP contribution is -2.23. The Kier molecular flexibility index (Phi) is 5.37. The summed E-state index contributed by atoms with van der Waals surface area (Å²) in [4.78, 5) is 8.46. The van der Waals surface area contributed by atoms with Crippen molar-refractivity contribution in [2.24, 2.45) is 0 Å². The van der Waals surface area contributed by atoms with Gasteiger partial charge in [-0.15, -0.1) is 0 Å². The van der Waals surface area contributed by atoms with E-state index in [0.29, 0.717) is 22.7 Å². The molecule has 2 aromatic heterocycles. The third kappa shape index (κ3) is 4.40. The van der Waals surface area contributed by atoms with Crippen molar-refractivity contribution in [1.82, 2.24) is 9.97 Å². The lowest BCUT2D eigenvalue weighted by molar-refractivity contribution is -0.0843. The van der Waals surface area contributed by atoms with Crippen LogP contribution >= 0.6 is 0 Å². The molecule has 0 saturated carbocycles. The van der Waals surface area contributed by atoms with Crippen LogP contribution < -0.4 is 9.47 Å². The molecule has 0 amide bonds. The average molecular weight is 344 g/mol. The minimum atomic E-state index is -0.764. The van der Waals surface area contributed by atoms with Crippen LogP contribution in [0.3, 0.4) is 0 Å². The largest absolute Gasteiger partial charge is 0.486 e. The van der Waals surface area contributed by atoms with Crippen LogP contribution in [0.2, 0.25) is 0 Å². The van der Waals surface area contributed by atoms with Gasteiger partial charge in [-0.2, -0.15) is 0 Å². The van der Waals surface area contributed by atoms with Gasteiger partial charge in [-0.25, -0.2) is 9.37 Å². The maximum Gasteiger partial charge on any atom is 0.223 e. The molecule has 130 valence electrons. The maximum atomic E-state index is 13.2.